The minimum Gasteiger partial charge on any atom is -0.478 e. The molecule has 0 amide bonds. The Morgan fingerprint density at radius 2 is 1.85 bits per heavy atom. The smallest absolute Gasteiger partial charge is 0.478 e. The predicted molar refractivity (Wildman–Crippen MR) is 52.4 cm³/mol. The molecule has 0 radical (unpaired) electrons. The largest absolute Gasteiger partial charge is 0.574 e. The highest BCUT2D eigenvalue weighted by molar-refractivity contribution is 6.17. The molecule has 0 atom stereocenters. The van der Waals surface area contributed by atoms with Crippen molar-refractivity contribution in [1.82, 2.24) is 4.98 Å². The van der Waals surface area contributed by atoms with Gasteiger partial charge in [0.05, 0.1) is 17.1 Å². The van der Waals surface area contributed by atoms with Crippen molar-refractivity contribution in [3.8, 4) is 5.88 Å². The van der Waals surface area contributed by atoms with E-state index in [1.807, 2.05) is 0 Å². The number of hydrogen-bond acceptors (Lipinski definition) is 3. The first-order chi connectivity index (χ1) is 8.95. The fourth-order valence-corrected chi connectivity index (χ4v) is 1.40. The summed E-state index contributed by atoms with van der Waals surface area (Å²) in [4.78, 5) is 13.7. The minimum absolute atomic E-state index is 0.432. The normalized spacial score (nSPS) is 12.3. The average molecular weight is 324 g/mol. The van der Waals surface area contributed by atoms with Crippen molar-refractivity contribution in [3.05, 3.63) is 22.9 Å². The van der Waals surface area contributed by atoms with Crippen LogP contribution in [-0.2, 0) is 12.1 Å². The van der Waals surface area contributed by atoms with E-state index in [9.17, 15) is 31.1 Å². The van der Waals surface area contributed by atoms with E-state index < -0.39 is 47.1 Å². The van der Waals surface area contributed by atoms with E-state index in [-0.39, 0.29) is 0 Å². The third-order valence-electron chi connectivity index (χ3n) is 1.90. The zero-order valence-electron chi connectivity index (χ0n) is 9.14. The predicted octanol–water partition coefficient (Wildman–Crippen LogP) is 3.44. The third-order valence-corrected chi connectivity index (χ3v) is 2.18. The van der Waals surface area contributed by atoms with E-state index in [0.717, 1.165) is 0 Å². The summed E-state index contributed by atoms with van der Waals surface area (Å²) in [5.41, 5.74) is -4.06. The van der Waals surface area contributed by atoms with Crippen LogP contribution in [-0.4, -0.2) is 22.4 Å². The molecular weight excluding hydrogens is 320 g/mol. The van der Waals surface area contributed by atoms with Crippen molar-refractivity contribution >= 4 is 17.6 Å². The lowest BCUT2D eigenvalue weighted by molar-refractivity contribution is -0.278. The summed E-state index contributed by atoms with van der Waals surface area (Å²) in [7, 11) is 0. The van der Waals surface area contributed by atoms with Crippen molar-refractivity contribution < 1.29 is 41.0 Å². The zero-order chi connectivity index (χ0) is 15.7. The number of rotatable bonds is 3. The molecule has 1 N–H and O–H groups in total. The maximum absolute atomic E-state index is 12.7. The van der Waals surface area contributed by atoms with Gasteiger partial charge in [0.15, 0.2) is 0 Å². The molecule has 0 bridgehead atoms. The van der Waals surface area contributed by atoms with Crippen LogP contribution < -0.4 is 4.74 Å². The van der Waals surface area contributed by atoms with Crippen molar-refractivity contribution in [3.63, 3.8) is 0 Å². The minimum atomic E-state index is -5.46. The lowest BCUT2D eigenvalue weighted by atomic mass is 10.1. The molecule has 0 unspecified atom stereocenters. The van der Waals surface area contributed by atoms with Crippen LogP contribution in [0.4, 0.5) is 26.3 Å². The SMILES string of the molecule is O=C(O)c1cc(CCl)nc(OC(F)(F)F)c1C(F)(F)F. The Bertz CT molecular complexity index is 528. The fraction of sp³-hybridized carbons (Fsp3) is 0.333. The Hall–Kier alpha value is -1.71. The van der Waals surface area contributed by atoms with Gasteiger partial charge in [-0.15, -0.1) is 24.8 Å². The van der Waals surface area contributed by atoms with E-state index in [1.54, 1.807) is 0 Å². The summed E-state index contributed by atoms with van der Waals surface area (Å²) >= 11 is 5.24. The number of halogens is 7. The molecule has 1 rings (SSSR count). The van der Waals surface area contributed by atoms with Gasteiger partial charge >= 0.3 is 18.5 Å². The van der Waals surface area contributed by atoms with Gasteiger partial charge in [-0.05, 0) is 6.07 Å². The van der Waals surface area contributed by atoms with Gasteiger partial charge in [-0.3, -0.25) is 0 Å². The molecule has 4 nitrogen and oxygen atoms in total. The molecule has 20 heavy (non-hydrogen) atoms. The summed E-state index contributed by atoms with van der Waals surface area (Å²) in [6, 6.07) is 0.432. The van der Waals surface area contributed by atoms with Crippen molar-refractivity contribution in [2.45, 2.75) is 18.4 Å². The highest BCUT2D eigenvalue weighted by Gasteiger charge is 2.44. The second-order valence-electron chi connectivity index (χ2n) is 3.33. The number of ether oxygens (including phenoxy) is 1. The maximum atomic E-state index is 12.7. The average Bonchev–Trinajstić information content (AvgIpc) is 2.23. The van der Waals surface area contributed by atoms with Crippen LogP contribution in [0.1, 0.15) is 21.6 Å². The summed E-state index contributed by atoms with van der Waals surface area (Å²) < 4.78 is 77.4. The first kappa shape index (κ1) is 16.3. The van der Waals surface area contributed by atoms with Crippen LogP contribution in [0.2, 0.25) is 0 Å². The summed E-state index contributed by atoms with van der Waals surface area (Å²) in [5, 5.41) is 8.66. The number of alkyl halides is 7. The highest BCUT2D eigenvalue weighted by Crippen LogP contribution is 2.40. The van der Waals surface area contributed by atoms with E-state index in [2.05, 4.69) is 9.72 Å². The number of carboxylic acid groups (broad SMARTS) is 1. The monoisotopic (exact) mass is 323 g/mol. The van der Waals surface area contributed by atoms with E-state index in [1.165, 1.54) is 0 Å². The van der Waals surface area contributed by atoms with Crippen molar-refractivity contribution in [2.24, 2.45) is 0 Å². The third kappa shape index (κ3) is 3.89. The maximum Gasteiger partial charge on any atom is 0.574 e. The Balaban J connectivity index is 3.60. The molecule has 0 aromatic carbocycles. The van der Waals surface area contributed by atoms with Gasteiger partial charge in [0, 0.05) is 0 Å². The van der Waals surface area contributed by atoms with Crippen LogP contribution in [0.15, 0.2) is 6.07 Å². The second-order valence-corrected chi connectivity index (χ2v) is 3.59. The topological polar surface area (TPSA) is 59.4 Å². The molecule has 112 valence electrons. The number of aromatic nitrogens is 1. The molecule has 0 saturated carbocycles. The summed E-state index contributed by atoms with van der Waals surface area (Å²) in [6.45, 7) is 0. The van der Waals surface area contributed by atoms with Gasteiger partial charge < -0.3 is 9.84 Å². The Morgan fingerprint density at radius 1 is 1.30 bits per heavy atom. The Morgan fingerprint density at radius 3 is 2.20 bits per heavy atom. The van der Waals surface area contributed by atoms with Crippen LogP contribution in [0.25, 0.3) is 0 Å². The Labute approximate surface area is 111 Å². The molecule has 0 spiro atoms. The number of nitrogens with zero attached hydrogens (tertiary/aromatic N) is 1. The van der Waals surface area contributed by atoms with Gasteiger partial charge in [-0.2, -0.15) is 13.2 Å². The molecule has 1 heterocycles. The number of hydrogen-bond donors (Lipinski definition) is 1. The second kappa shape index (κ2) is 5.35. The lowest BCUT2D eigenvalue weighted by Crippen LogP contribution is -2.23. The zero-order valence-corrected chi connectivity index (χ0v) is 9.90. The van der Waals surface area contributed by atoms with E-state index >= 15 is 0 Å². The first-order valence-corrected chi connectivity index (χ1v) is 5.15. The van der Waals surface area contributed by atoms with E-state index in [4.69, 9.17) is 16.7 Å². The summed E-state index contributed by atoms with van der Waals surface area (Å²) in [5.74, 6) is -4.58. The quantitative estimate of drug-likeness (QED) is 0.684. The molecule has 11 heteroatoms. The van der Waals surface area contributed by atoms with Crippen LogP contribution in [0.3, 0.4) is 0 Å². The van der Waals surface area contributed by atoms with Gasteiger partial charge in [0.25, 0.3) is 0 Å². The molecule has 0 saturated heterocycles. The summed E-state index contributed by atoms with van der Waals surface area (Å²) in [6.07, 6.45) is -10.9. The first-order valence-electron chi connectivity index (χ1n) is 4.62. The Kier molecular flexibility index (Phi) is 4.37. The highest BCUT2D eigenvalue weighted by atomic mass is 35.5. The van der Waals surface area contributed by atoms with Crippen molar-refractivity contribution in [2.75, 3.05) is 0 Å². The van der Waals surface area contributed by atoms with Crippen LogP contribution in [0, 0.1) is 0 Å². The lowest BCUT2D eigenvalue weighted by Gasteiger charge is -2.17. The van der Waals surface area contributed by atoms with Gasteiger partial charge in [-0.1, -0.05) is 0 Å². The molecule has 0 aliphatic rings. The van der Waals surface area contributed by atoms with Crippen molar-refractivity contribution in [1.29, 1.82) is 0 Å². The van der Waals surface area contributed by atoms with E-state index in [0.29, 0.717) is 6.07 Å². The van der Waals surface area contributed by atoms with Crippen LogP contribution >= 0.6 is 11.6 Å². The molecule has 0 aliphatic carbocycles. The fourth-order valence-electron chi connectivity index (χ4n) is 1.27. The van der Waals surface area contributed by atoms with Gasteiger partial charge in [-0.25, -0.2) is 9.78 Å². The number of carboxylic acids is 1. The molecule has 0 aliphatic heterocycles. The van der Waals surface area contributed by atoms with Gasteiger partial charge in [0.1, 0.15) is 5.56 Å². The molecule has 1 aromatic rings. The van der Waals surface area contributed by atoms with Crippen LogP contribution in [0.5, 0.6) is 5.88 Å². The molecule has 0 fully saturated rings. The molecule has 1 aromatic heterocycles. The number of carbonyl (C=O) groups is 1. The number of pyridine rings is 1. The van der Waals surface area contributed by atoms with Gasteiger partial charge in [0.2, 0.25) is 5.88 Å². The standard InChI is InChI=1S/C9H4ClF6NO3/c10-2-3-1-4(7(18)19)5(8(11,12)13)6(17-3)20-9(14,15)16/h1H,2H2,(H,18,19). The number of aromatic carboxylic acids is 1. The molecular formula is C9H4ClF6NO3.